The Kier molecular flexibility index (Phi) is 4.47. The van der Waals surface area contributed by atoms with Crippen molar-refractivity contribution in [1.29, 1.82) is 0 Å². The summed E-state index contributed by atoms with van der Waals surface area (Å²) in [5.74, 6) is -0.644. The van der Waals surface area contributed by atoms with Crippen LogP contribution in [0.5, 0.6) is 0 Å². The fraction of sp³-hybridized carbons (Fsp3) is 0.312. The average molecular weight is 323 g/mol. The Bertz CT molecular complexity index is 640. The summed E-state index contributed by atoms with van der Waals surface area (Å²) in [7, 11) is 0. The molecule has 1 unspecified atom stereocenters. The van der Waals surface area contributed by atoms with Crippen LogP contribution in [0.25, 0.3) is 0 Å². The number of nitrogens with zero attached hydrogens (tertiary/aromatic N) is 1. The van der Waals surface area contributed by atoms with Gasteiger partial charge in [-0.2, -0.15) is 0 Å². The largest absolute Gasteiger partial charge is 0.468 e. The Hall–Kier alpha value is -1.82. The Morgan fingerprint density at radius 1 is 1.18 bits per heavy atom. The smallest absolute Gasteiger partial charge is 0.259 e. The summed E-state index contributed by atoms with van der Waals surface area (Å²) in [5, 5.41) is 0.165. The van der Waals surface area contributed by atoms with Gasteiger partial charge in [0.1, 0.15) is 23.0 Å². The van der Waals surface area contributed by atoms with Gasteiger partial charge in [-0.3, -0.25) is 4.79 Å². The molecule has 0 N–H and O–H groups in total. The maximum Gasteiger partial charge on any atom is 0.259 e. The lowest BCUT2D eigenvalue weighted by atomic mass is 10.1. The molecule has 3 nitrogen and oxygen atoms in total. The molecule has 0 bridgehead atoms. The number of carbonyl (C=O) groups excluding carboxylic acids is 1. The molecule has 2 heterocycles. The van der Waals surface area contributed by atoms with Crippen LogP contribution in [0, 0.1) is 11.6 Å². The summed E-state index contributed by atoms with van der Waals surface area (Å²) >= 11 is 1.69. The van der Waals surface area contributed by atoms with Crippen molar-refractivity contribution < 1.29 is 18.0 Å². The molecule has 0 aliphatic carbocycles. The van der Waals surface area contributed by atoms with Crippen LogP contribution >= 0.6 is 11.8 Å². The first-order valence-electron chi connectivity index (χ1n) is 7.05. The van der Waals surface area contributed by atoms with Crippen LogP contribution in [0.1, 0.15) is 27.8 Å². The van der Waals surface area contributed by atoms with E-state index in [1.165, 1.54) is 11.0 Å². The summed E-state index contributed by atoms with van der Waals surface area (Å²) in [6.45, 7) is 0.916. The molecular formula is C16H15F2NO2S. The Morgan fingerprint density at radius 2 is 1.95 bits per heavy atom. The lowest BCUT2D eigenvalue weighted by Gasteiger charge is -2.20. The van der Waals surface area contributed by atoms with E-state index in [0.717, 1.165) is 17.9 Å². The second-order valence-electron chi connectivity index (χ2n) is 5.05. The molecular weight excluding hydrogens is 308 g/mol. The highest BCUT2D eigenvalue weighted by Gasteiger charge is 2.27. The third kappa shape index (κ3) is 3.02. The fourth-order valence-corrected chi connectivity index (χ4v) is 3.72. The molecule has 22 heavy (non-hydrogen) atoms. The van der Waals surface area contributed by atoms with Gasteiger partial charge in [0.15, 0.2) is 0 Å². The summed E-state index contributed by atoms with van der Waals surface area (Å²) < 4.78 is 32.9. The molecule has 1 aromatic heterocycles. The van der Waals surface area contributed by atoms with Crippen molar-refractivity contribution in [2.24, 2.45) is 0 Å². The third-order valence-electron chi connectivity index (χ3n) is 3.67. The number of hydrogen-bond donors (Lipinski definition) is 0. The number of halogens is 2. The van der Waals surface area contributed by atoms with Gasteiger partial charge in [-0.05, 0) is 30.7 Å². The van der Waals surface area contributed by atoms with E-state index in [9.17, 15) is 13.6 Å². The van der Waals surface area contributed by atoms with E-state index in [4.69, 9.17) is 4.42 Å². The number of benzene rings is 1. The van der Waals surface area contributed by atoms with Crippen LogP contribution < -0.4 is 0 Å². The minimum absolute atomic E-state index is 0.165. The zero-order chi connectivity index (χ0) is 15.5. The standard InChI is InChI=1S/C16H15F2NO2S/c17-11-3-1-4-12(18)15(11)16(20)19-7-6-14(22-10-8-19)13-5-2-9-21-13/h1-5,9,14H,6-8,10H2. The number of amides is 1. The van der Waals surface area contributed by atoms with Gasteiger partial charge in [0.2, 0.25) is 0 Å². The van der Waals surface area contributed by atoms with E-state index in [0.29, 0.717) is 25.3 Å². The molecule has 3 rings (SSSR count). The molecule has 1 amide bonds. The number of hydrogen-bond acceptors (Lipinski definition) is 3. The first kappa shape index (κ1) is 15.1. The monoisotopic (exact) mass is 323 g/mol. The van der Waals surface area contributed by atoms with E-state index >= 15 is 0 Å². The molecule has 0 radical (unpaired) electrons. The molecule has 1 fully saturated rings. The average Bonchev–Trinajstić information content (AvgIpc) is 2.91. The normalized spacial score (nSPS) is 19.0. The van der Waals surface area contributed by atoms with Crippen LogP contribution in [-0.4, -0.2) is 29.6 Å². The van der Waals surface area contributed by atoms with Crippen molar-refractivity contribution in [3.63, 3.8) is 0 Å². The predicted octanol–water partition coefficient (Wildman–Crippen LogP) is 3.88. The molecule has 2 aromatic rings. The van der Waals surface area contributed by atoms with Gasteiger partial charge in [0, 0.05) is 18.8 Å². The highest BCUT2D eigenvalue weighted by molar-refractivity contribution is 7.99. The van der Waals surface area contributed by atoms with Crippen LogP contribution in [0.15, 0.2) is 41.0 Å². The van der Waals surface area contributed by atoms with Crippen LogP contribution in [-0.2, 0) is 0 Å². The SMILES string of the molecule is O=C(c1c(F)cccc1F)N1CCSC(c2ccco2)CC1. The quantitative estimate of drug-likeness (QED) is 0.841. The minimum atomic E-state index is -0.815. The Labute approximate surface area is 131 Å². The lowest BCUT2D eigenvalue weighted by Crippen LogP contribution is -2.34. The summed E-state index contributed by atoms with van der Waals surface area (Å²) in [6, 6.07) is 7.21. The van der Waals surface area contributed by atoms with Gasteiger partial charge in [0.25, 0.3) is 5.91 Å². The van der Waals surface area contributed by atoms with E-state index in [2.05, 4.69) is 0 Å². The molecule has 0 spiro atoms. The number of furan rings is 1. The van der Waals surface area contributed by atoms with Gasteiger partial charge in [-0.15, -0.1) is 11.8 Å². The third-order valence-corrected chi connectivity index (χ3v) is 4.95. The molecule has 116 valence electrons. The van der Waals surface area contributed by atoms with Crippen molar-refractivity contribution in [3.05, 3.63) is 59.6 Å². The van der Waals surface area contributed by atoms with E-state index < -0.39 is 23.1 Å². The topological polar surface area (TPSA) is 33.5 Å². The number of thioether (sulfide) groups is 1. The molecule has 1 aliphatic rings. The van der Waals surface area contributed by atoms with E-state index in [-0.39, 0.29) is 5.25 Å². The fourth-order valence-electron chi connectivity index (χ4n) is 2.54. The summed E-state index contributed by atoms with van der Waals surface area (Å²) in [4.78, 5) is 13.9. The second kappa shape index (κ2) is 6.52. The van der Waals surface area contributed by atoms with Crippen LogP contribution in [0.4, 0.5) is 8.78 Å². The number of rotatable bonds is 2. The Morgan fingerprint density at radius 3 is 2.64 bits per heavy atom. The highest BCUT2D eigenvalue weighted by atomic mass is 32.2. The zero-order valence-electron chi connectivity index (χ0n) is 11.8. The van der Waals surface area contributed by atoms with Crippen LogP contribution in [0.3, 0.4) is 0 Å². The zero-order valence-corrected chi connectivity index (χ0v) is 12.6. The van der Waals surface area contributed by atoms with Gasteiger partial charge >= 0.3 is 0 Å². The van der Waals surface area contributed by atoms with Crippen molar-refractivity contribution in [2.75, 3.05) is 18.8 Å². The summed E-state index contributed by atoms with van der Waals surface area (Å²) in [6.07, 6.45) is 2.32. The van der Waals surface area contributed by atoms with Crippen molar-refractivity contribution >= 4 is 17.7 Å². The van der Waals surface area contributed by atoms with Crippen molar-refractivity contribution in [2.45, 2.75) is 11.7 Å². The predicted molar refractivity (Wildman–Crippen MR) is 80.8 cm³/mol. The van der Waals surface area contributed by atoms with E-state index in [1.54, 1.807) is 18.0 Å². The van der Waals surface area contributed by atoms with Crippen molar-refractivity contribution in [3.8, 4) is 0 Å². The first-order chi connectivity index (χ1) is 10.7. The Balaban J connectivity index is 1.74. The van der Waals surface area contributed by atoms with Gasteiger partial charge in [0.05, 0.1) is 11.5 Å². The molecule has 1 atom stereocenters. The number of carbonyl (C=O) groups is 1. The maximum absolute atomic E-state index is 13.7. The molecule has 0 saturated carbocycles. The summed E-state index contributed by atoms with van der Waals surface area (Å²) in [5.41, 5.74) is -0.469. The molecule has 1 saturated heterocycles. The molecule has 1 aliphatic heterocycles. The second-order valence-corrected chi connectivity index (χ2v) is 6.36. The van der Waals surface area contributed by atoms with E-state index in [1.807, 2.05) is 12.1 Å². The highest BCUT2D eigenvalue weighted by Crippen LogP contribution is 2.34. The maximum atomic E-state index is 13.7. The van der Waals surface area contributed by atoms with Gasteiger partial charge < -0.3 is 9.32 Å². The van der Waals surface area contributed by atoms with Crippen molar-refractivity contribution in [1.82, 2.24) is 4.90 Å². The minimum Gasteiger partial charge on any atom is -0.468 e. The van der Waals surface area contributed by atoms with Crippen LogP contribution in [0.2, 0.25) is 0 Å². The molecule has 1 aromatic carbocycles. The van der Waals surface area contributed by atoms with Gasteiger partial charge in [-0.1, -0.05) is 6.07 Å². The molecule has 6 heteroatoms. The lowest BCUT2D eigenvalue weighted by molar-refractivity contribution is 0.0756. The van der Waals surface area contributed by atoms with Gasteiger partial charge in [-0.25, -0.2) is 8.78 Å². The first-order valence-corrected chi connectivity index (χ1v) is 8.10.